The summed E-state index contributed by atoms with van der Waals surface area (Å²) in [4.78, 5) is 18.1. The molecule has 150 valence electrons. The summed E-state index contributed by atoms with van der Waals surface area (Å²) in [7, 11) is 0. The molecule has 2 atom stereocenters. The van der Waals surface area contributed by atoms with Crippen LogP contribution in [0.1, 0.15) is 38.3 Å². The van der Waals surface area contributed by atoms with Gasteiger partial charge in [-0.15, -0.1) is 0 Å². The van der Waals surface area contributed by atoms with Gasteiger partial charge in [-0.3, -0.25) is 9.89 Å². The highest BCUT2D eigenvalue weighted by Crippen LogP contribution is 2.26. The Morgan fingerprint density at radius 3 is 2.71 bits per heavy atom. The van der Waals surface area contributed by atoms with Crippen molar-refractivity contribution in [3.05, 3.63) is 53.4 Å². The van der Waals surface area contributed by atoms with Crippen LogP contribution in [0.2, 0.25) is 0 Å². The number of amides is 2. The van der Waals surface area contributed by atoms with E-state index in [0.717, 1.165) is 36.3 Å². The number of guanidine groups is 1. The number of nitrogens with two attached hydrogens (primary N) is 2. The van der Waals surface area contributed by atoms with E-state index in [-0.39, 0.29) is 24.2 Å². The van der Waals surface area contributed by atoms with E-state index >= 15 is 0 Å². The lowest BCUT2D eigenvalue weighted by Crippen LogP contribution is -2.51. The molecular weight excluding hydrogens is 354 g/mol. The number of nitrogens with zero attached hydrogens (tertiary/aromatic N) is 2. The van der Waals surface area contributed by atoms with Crippen LogP contribution in [-0.4, -0.2) is 31.2 Å². The van der Waals surface area contributed by atoms with Gasteiger partial charge in [-0.1, -0.05) is 19.1 Å². The summed E-state index contributed by atoms with van der Waals surface area (Å²) >= 11 is 0. The normalized spacial score (nSPS) is 19.1. The largest absolute Gasteiger partial charge is 0.370 e. The van der Waals surface area contributed by atoms with Crippen molar-refractivity contribution < 1.29 is 4.79 Å². The van der Waals surface area contributed by atoms with Crippen molar-refractivity contribution in [2.45, 2.75) is 38.9 Å². The maximum absolute atomic E-state index is 12.4. The second-order valence-electron chi connectivity index (χ2n) is 7.02. The molecule has 2 amide bonds. The average Bonchev–Trinajstić information content (AvgIpc) is 3.03. The number of carbonyl (C=O) groups is 1. The van der Waals surface area contributed by atoms with Gasteiger partial charge in [0, 0.05) is 30.1 Å². The predicted molar refractivity (Wildman–Crippen MR) is 113 cm³/mol. The van der Waals surface area contributed by atoms with E-state index < -0.39 is 0 Å². The fourth-order valence-electron chi connectivity index (χ4n) is 3.44. The van der Waals surface area contributed by atoms with Gasteiger partial charge < -0.3 is 27.4 Å². The molecule has 0 saturated carbocycles. The molecule has 0 bridgehead atoms. The number of benzene rings is 1. The number of allylic oxidation sites excluding steroid dienone is 1. The molecule has 3 rings (SSSR count). The maximum atomic E-state index is 12.4. The van der Waals surface area contributed by atoms with Crippen LogP contribution < -0.4 is 32.3 Å². The number of nitrogens with one attached hydrogen (secondary N) is 3. The van der Waals surface area contributed by atoms with Gasteiger partial charge in [0.25, 0.3) is 0 Å². The molecule has 0 aliphatic carbocycles. The molecular formula is C20H29N7O. The fraction of sp³-hybridized carbons (Fsp3) is 0.400. The second kappa shape index (κ2) is 8.79. The molecule has 0 aromatic heterocycles. The first-order valence-electron chi connectivity index (χ1n) is 9.63. The fourth-order valence-corrected chi connectivity index (χ4v) is 3.44. The Bertz CT molecular complexity index is 793. The summed E-state index contributed by atoms with van der Waals surface area (Å²) in [5.41, 5.74) is 14.8. The number of hydrogen-bond donors (Lipinski definition) is 5. The van der Waals surface area contributed by atoms with Crippen LogP contribution in [0.4, 0.5) is 10.5 Å². The number of urea groups is 1. The third-order valence-corrected chi connectivity index (χ3v) is 4.86. The summed E-state index contributed by atoms with van der Waals surface area (Å²) in [5, 5.41) is 9.73. The highest BCUT2D eigenvalue weighted by atomic mass is 16.2. The topological polar surface area (TPSA) is 121 Å². The van der Waals surface area contributed by atoms with Crippen molar-refractivity contribution in [2.24, 2.45) is 16.5 Å². The van der Waals surface area contributed by atoms with Crippen LogP contribution in [0.3, 0.4) is 0 Å². The van der Waals surface area contributed by atoms with Crippen LogP contribution >= 0.6 is 0 Å². The van der Waals surface area contributed by atoms with Gasteiger partial charge in [-0.25, -0.2) is 4.79 Å². The van der Waals surface area contributed by atoms with Gasteiger partial charge in [0.1, 0.15) is 6.17 Å². The predicted octanol–water partition coefficient (Wildman–Crippen LogP) is 1.64. The molecule has 8 nitrogen and oxygen atoms in total. The monoisotopic (exact) mass is 383 g/mol. The zero-order valence-corrected chi connectivity index (χ0v) is 16.4. The standard InChI is InChI=1S/C20H29N7O/c1-3-17(23-9-4-10-24-19(21)22)14-5-7-16(8-6-14)27-12-15-11-13(2)25-18(15)26-20(27)28/h5-8,11-12,17-18,23,25H,3-4,9-10H2,1-2H3,(H,26,28)(H4,21,22,24). The molecule has 28 heavy (non-hydrogen) atoms. The van der Waals surface area contributed by atoms with E-state index in [0.29, 0.717) is 6.54 Å². The first-order chi connectivity index (χ1) is 13.5. The lowest BCUT2D eigenvalue weighted by molar-refractivity contribution is 0.244. The van der Waals surface area contributed by atoms with Gasteiger partial charge in [-0.2, -0.15) is 0 Å². The smallest absolute Gasteiger partial charge is 0.327 e. The molecule has 7 N–H and O–H groups in total. The molecule has 1 aromatic carbocycles. The Morgan fingerprint density at radius 2 is 2.04 bits per heavy atom. The summed E-state index contributed by atoms with van der Waals surface area (Å²) in [6.07, 6.45) is 5.64. The molecule has 0 saturated heterocycles. The van der Waals surface area contributed by atoms with Crippen LogP contribution in [-0.2, 0) is 0 Å². The van der Waals surface area contributed by atoms with Crippen molar-refractivity contribution >= 4 is 17.7 Å². The van der Waals surface area contributed by atoms with Crippen LogP contribution in [0.5, 0.6) is 0 Å². The van der Waals surface area contributed by atoms with Crippen molar-refractivity contribution in [1.29, 1.82) is 0 Å². The van der Waals surface area contributed by atoms with Crippen LogP contribution in [0, 0.1) is 0 Å². The number of carbonyl (C=O) groups excluding carboxylic acids is 1. The molecule has 2 unspecified atom stereocenters. The molecule has 8 heteroatoms. The SMILES string of the molecule is CCC(NCCCN=C(N)N)c1ccc(N2C=C3C=C(C)NC3NC2=O)cc1. The molecule has 2 aliphatic rings. The third kappa shape index (κ3) is 4.64. The molecule has 2 aliphatic heterocycles. The summed E-state index contributed by atoms with van der Waals surface area (Å²) in [5.74, 6) is 0.129. The van der Waals surface area contributed by atoms with Gasteiger partial charge >= 0.3 is 6.03 Å². The molecule has 0 radical (unpaired) electrons. The van der Waals surface area contributed by atoms with E-state index in [9.17, 15) is 4.79 Å². The van der Waals surface area contributed by atoms with E-state index in [2.05, 4.69) is 40.0 Å². The van der Waals surface area contributed by atoms with Gasteiger partial charge in [-0.05, 0) is 50.1 Å². The van der Waals surface area contributed by atoms with Crippen LogP contribution in [0.15, 0.2) is 52.8 Å². The summed E-state index contributed by atoms with van der Waals surface area (Å²) in [6, 6.07) is 8.21. The number of fused-ring (bicyclic) bond motifs is 1. The van der Waals surface area contributed by atoms with Crippen molar-refractivity contribution in [2.75, 3.05) is 18.0 Å². The maximum Gasteiger partial charge on any atom is 0.327 e. The zero-order chi connectivity index (χ0) is 20.1. The van der Waals surface area contributed by atoms with Gasteiger partial charge in [0.2, 0.25) is 0 Å². The number of hydrogen-bond acceptors (Lipinski definition) is 4. The minimum Gasteiger partial charge on any atom is -0.370 e. The Labute approximate surface area is 165 Å². The molecule has 0 fully saturated rings. The van der Waals surface area contributed by atoms with Crippen molar-refractivity contribution in [3.8, 4) is 0 Å². The highest BCUT2D eigenvalue weighted by Gasteiger charge is 2.29. The Morgan fingerprint density at radius 1 is 1.29 bits per heavy atom. The number of anilines is 1. The lowest BCUT2D eigenvalue weighted by Gasteiger charge is -2.29. The van der Waals surface area contributed by atoms with E-state index in [1.54, 1.807) is 4.90 Å². The number of aliphatic imine (C=N–C) groups is 1. The first kappa shape index (κ1) is 19.8. The van der Waals surface area contributed by atoms with Crippen molar-refractivity contribution in [1.82, 2.24) is 16.0 Å². The van der Waals surface area contributed by atoms with E-state index in [1.807, 2.05) is 31.3 Å². The second-order valence-corrected chi connectivity index (χ2v) is 7.02. The summed E-state index contributed by atoms with van der Waals surface area (Å²) < 4.78 is 0. The summed E-state index contributed by atoms with van der Waals surface area (Å²) in [6.45, 7) is 5.58. The van der Waals surface area contributed by atoms with Gasteiger partial charge in [0.15, 0.2) is 5.96 Å². The van der Waals surface area contributed by atoms with E-state index in [4.69, 9.17) is 11.5 Å². The minimum atomic E-state index is -0.137. The quantitative estimate of drug-likeness (QED) is 0.265. The molecule has 2 heterocycles. The highest BCUT2D eigenvalue weighted by molar-refractivity contribution is 5.96. The van der Waals surface area contributed by atoms with E-state index in [1.165, 1.54) is 5.56 Å². The zero-order valence-electron chi connectivity index (χ0n) is 16.4. The Hall–Kier alpha value is -3.00. The Balaban J connectivity index is 1.63. The molecule has 1 aromatic rings. The van der Waals surface area contributed by atoms with Crippen LogP contribution in [0.25, 0.3) is 0 Å². The molecule has 0 spiro atoms. The third-order valence-electron chi connectivity index (χ3n) is 4.86. The van der Waals surface area contributed by atoms with Crippen molar-refractivity contribution in [3.63, 3.8) is 0 Å². The minimum absolute atomic E-state index is 0.129. The number of rotatable bonds is 8. The van der Waals surface area contributed by atoms with Gasteiger partial charge in [0.05, 0.1) is 5.69 Å². The average molecular weight is 384 g/mol. The Kier molecular flexibility index (Phi) is 6.20. The first-order valence-corrected chi connectivity index (χ1v) is 9.63. The lowest BCUT2D eigenvalue weighted by atomic mass is 10.0.